The zero-order chi connectivity index (χ0) is 15.0. The minimum absolute atomic E-state index is 0.0637. The average molecular weight is 288 g/mol. The number of hydrogen-bond donors (Lipinski definition) is 1. The molecule has 1 aromatic heterocycles. The van der Waals surface area contributed by atoms with E-state index in [9.17, 15) is 14.7 Å². The average Bonchev–Trinajstić information content (AvgIpc) is 2.86. The molecule has 21 heavy (non-hydrogen) atoms. The molecule has 0 radical (unpaired) electrons. The molecule has 3 atom stereocenters. The maximum atomic E-state index is 12.8. The first-order valence-corrected chi connectivity index (χ1v) is 7.56. The molecule has 2 aliphatic rings. The lowest BCUT2D eigenvalue weighted by Crippen LogP contribution is -2.46. The summed E-state index contributed by atoms with van der Waals surface area (Å²) in [4.78, 5) is 30.2. The first-order valence-electron chi connectivity index (χ1n) is 7.56. The monoisotopic (exact) mass is 288 g/mol. The fraction of sp³-hybridized carbons (Fsp3) is 0.562. The zero-order valence-electron chi connectivity index (χ0n) is 12.2. The molecule has 1 saturated carbocycles. The highest BCUT2D eigenvalue weighted by molar-refractivity contribution is 5.96. The molecule has 0 bridgehead atoms. The number of aliphatic carboxylic acids is 1. The van der Waals surface area contributed by atoms with Gasteiger partial charge in [0.05, 0.1) is 0 Å². The lowest BCUT2D eigenvalue weighted by molar-refractivity contribution is -0.141. The van der Waals surface area contributed by atoms with Crippen LogP contribution in [0.4, 0.5) is 0 Å². The van der Waals surface area contributed by atoms with Gasteiger partial charge < -0.3 is 10.0 Å². The van der Waals surface area contributed by atoms with Crippen LogP contribution in [0.25, 0.3) is 0 Å². The standard InChI is InChI=1S/C16H20N2O3/c1-10-5-4-8-17-14(10)15(19)18-12-7-3-2-6-11(12)9-13(18)16(20)21/h4-5,8,11-13H,2-3,6-7,9H2,1H3,(H,20,21). The van der Waals surface area contributed by atoms with Gasteiger partial charge in [-0.3, -0.25) is 9.78 Å². The molecule has 1 aliphatic carbocycles. The minimum atomic E-state index is -0.897. The Morgan fingerprint density at radius 1 is 1.33 bits per heavy atom. The molecule has 1 N–H and O–H groups in total. The van der Waals surface area contributed by atoms with Crippen molar-refractivity contribution in [3.63, 3.8) is 0 Å². The summed E-state index contributed by atoms with van der Waals surface area (Å²) in [5.74, 6) is -0.797. The molecule has 3 rings (SSSR count). The number of carboxylic acids is 1. The van der Waals surface area contributed by atoms with Crippen molar-refractivity contribution in [2.75, 3.05) is 0 Å². The third kappa shape index (κ3) is 2.41. The molecule has 1 amide bonds. The first kappa shape index (κ1) is 14.0. The Morgan fingerprint density at radius 2 is 2.10 bits per heavy atom. The predicted molar refractivity (Wildman–Crippen MR) is 76.9 cm³/mol. The summed E-state index contributed by atoms with van der Waals surface area (Å²) < 4.78 is 0. The van der Waals surface area contributed by atoms with Crippen molar-refractivity contribution in [1.82, 2.24) is 9.88 Å². The van der Waals surface area contributed by atoms with Crippen molar-refractivity contribution in [2.24, 2.45) is 5.92 Å². The van der Waals surface area contributed by atoms with Crippen LogP contribution in [0, 0.1) is 12.8 Å². The first-order chi connectivity index (χ1) is 10.1. The summed E-state index contributed by atoms with van der Waals surface area (Å²) in [6.45, 7) is 1.84. The van der Waals surface area contributed by atoms with Crippen LogP contribution < -0.4 is 0 Å². The van der Waals surface area contributed by atoms with Gasteiger partial charge >= 0.3 is 5.97 Å². The maximum Gasteiger partial charge on any atom is 0.326 e. The van der Waals surface area contributed by atoms with E-state index in [4.69, 9.17) is 0 Å². The van der Waals surface area contributed by atoms with Crippen LogP contribution >= 0.6 is 0 Å². The van der Waals surface area contributed by atoms with Crippen LogP contribution in [0.1, 0.15) is 48.2 Å². The molecule has 5 nitrogen and oxygen atoms in total. The van der Waals surface area contributed by atoms with E-state index in [-0.39, 0.29) is 11.9 Å². The van der Waals surface area contributed by atoms with E-state index in [0.29, 0.717) is 18.0 Å². The lowest BCUT2D eigenvalue weighted by Gasteiger charge is -2.33. The molecule has 1 aromatic rings. The Kier molecular flexibility index (Phi) is 3.66. The summed E-state index contributed by atoms with van der Waals surface area (Å²) >= 11 is 0. The maximum absolute atomic E-state index is 12.8. The highest BCUT2D eigenvalue weighted by Crippen LogP contribution is 2.40. The van der Waals surface area contributed by atoms with E-state index in [2.05, 4.69) is 4.98 Å². The molecule has 5 heteroatoms. The van der Waals surface area contributed by atoms with Gasteiger partial charge in [-0.2, -0.15) is 0 Å². The van der Waals surface area contributed by atoms with E-state index in [1.807, 2.05) is 13.0 Å². The largest absolute Gasteiger partial charge is 0.480 e. The van der Waals surface area contributed by atoms with Crippen molar-refractivity contribution < 1.29 is 14.7 Å². The SMILES string of the molecule is Cc1cccnc1C(=O)N1C(C(=O)O)CC2CCCCC21. The molecular weight excluding hydrogens is 268 g/mol. The number of fused-ring (bicyclic) bond motifs is 1. The Balaban J connectivity index is 1.95. The van der Waals surface area contributed by atoms with E-state index < -0.39 is 12.0 Å². The fourth-order valence-electron chi connectivity index (χ4n) is 3.80. The molecule has 2 fully saturated rings. The molecule has 2 heterocycles. The number of aryl methyl sites for hydroxylation is 1. The summed E-state index contributed by atoms with van der Waals surface area (Å²) in [6, 6.07) is 2.99. The van der Waals surface area contributed by atoms with Crippen molar-refractivity contribution in [3.05, 3.63) is 29.6 Å². The lowest BCUT2D eigenvalue weighted by atomic mass is 9.84. The predicted octanol–water partition coefficient (Wildman–Crippen LogP) is 2.25. The number of carboxylic acid groups (broad SMARTS) is 1. The Bertz CT molecular complexity index is 572. The Morgan fingerprint density at radius 3 is 2.81 bits per heavy atom. The van der Waals surface area contributed by atoms with E-state index in [0.717, 1.165) is 31.2 Å². The van der Waals surface area contributed by atoms with Crippen LogP contribution in [0.3, 0.4) is 0 Å². The molecular formula is C16H20N2O3. The van der Waals surface area contributed by atoms with E-state index >= 15 is 0 Å². The van der Waals surface area contributed by atoms with Gasteiger partial charge in [0.2, 0.25) is 0 Å². The van der Waals surface area contributed by atoms with Gasteiger partial charge in [-0.05, 0) is 43.7 Å². The van der Waals surface area contributed by atoms with Crippen LogP contribution in [0.15, 0.2) is 18.3 Å². The van der Waals surface area contributed by atoms with Crippen molar-refractivity contribution in [3.8, 4) is 0 Å². The van der Waals surface area contributed by atoms with Crippen LogP contribution in [-0.2, 0) is 4.79 Å². The Hall–Kier alpha value is -1.91. The highest BCUT2D eigenvalue weighted by atomic mass is 16.4. The summed E-state index contributed by atoms with van der Waals surface area (Å²) in [5.41, 5.74) is 1.18. The van der Waals surface area contributed by atoms with Crippen LogP contribution in [0.5, 0.6) is 0 Å². The van der Waals surface area contributed by atoms with Gasteiger partial charge in [0.15, 0.2) is 0 Å². The number of carbonyl (C=O) groups excluding carboxylic acids is 1. The van der Waals surface area contributed by atoms with Gasteiger partial charge in [-0.15, -0.1) is 0 Å². The highest BCUT2D eigenvalue weighted by Gasteiger charge is 2.48. The number of pyridine rings is 1. The van der Waals surface area contributed by atoms with Crippen LogP contribution in [0.2, 0.25) is 0 Å². The summed E-state index contributed by atoms with van der Waals surface area (Å²) in [6.07, 6.45) is 6.31. The fourth-order valence-corrected chi connectivity index (χ4v) is 3.80. The zero-order valence-corrected chi connectivity index (χ0v) is 12.2. The van der Waals surface area contributed by atoms with E-state index in [1.54, 1.807) is 17.2 Å². The normalized spacial score (nSPS) is 28.2. The van der Waals surface area contributed by atoms with E-state index in [1.165, 1.54) is 0 Å². The van der Waals surface area contributed by atoms with Gasteiger partial charge in [0, 0.05) is 12.2 Å². The number of carbonyl (C=O) groups is 2. The molecule has 112 valence electrons. The third-order valence-electron chi connectivity index (χ3n) is 4.82. The van der Waals surface area contributed by atoms with Crippen LogP contribution in [-0.4, -0.2) is 39.0 Å². The number of hydrogen-bond acceptors (Lipinski definition) is 3. The topological polar surface area (TPSA) is 70.5 Å². The second kappa shape index (κ2) is 5.47. The van der Waals surface area contributed by atoms with Crippen molar-refractivity contribution >= 4 is 11.9 Å². The summed E-state index contributed by atoms with van der Waals surface area (Å²) in [7, 11) is 0. The van der Waals surface area contributed by atoms with Gasteiger partial charge in [-0.25, -0.2) is 4.79 Å². The number of rotatable bonds is 2. The second-order valence-electron chi connectivity index (χ2n) is 6.08. The smallest absolute Gasteiger partial charge is 0.326 e. The molecule has 0 spiro atoms. The number of amides is 1. The number of aromatic nitrogens is 1. The molecule has 1 saturated heterocycles. The second-order valence-corrected chi connectivity index (χ2v) is 6.08. The van der Waals surface area contributed by atoms with Crippen molar-refractivity contribution in [2.45, 2.75) is 51.1 Å². The number of nitrogens with zero attached hydrogens (tertiary/aromatic N) is 2. The van der Waals surface area contributed by atoms with Crippen molar-refractivity contribution in [1.29, 1.82) is 0 Å². The quantitative estimate of drug-likeness (QED) is 0.906. The summed E-state index contributed by atoms with van der Waals surface area (Å²) in [5, 5.41) is 9.48. The molecule has 3 unspecified atom stereocenters. The number of likely N-dealkylation sites (tertiary alicyclic amines) is 1. The Labute approximate surface area is 124 Å². The molecule has 0 aromatic carbocycles. The third-order valence-corrected chi connectivity index (χ3v) is 4.82. The van der Waals surface area contributed by atoms with Gasteiger partial charge in [0.25, 0.3) is 5.91 Å². The van der Waals surface area contributed by atoms with Gasteiger partial charge in [0.1, 0.15) is 11.7 Å². The minimum Gasteiger partial charge on any atom is -0.480 e. The molecule has 1 aliphatic heterocycles. The van der Waals surface area contributed by atoms with Gasteiger partial charge in [-0.1, -0.05) is 18.9 Å².